The van der Waals surface area contributed by atoms with Crippen molar-refractivity contribution in [3.63, 3.8) is 0 Å². The SMILES string of the molecule is CCN(CC)CCNc1nc(N2CC3CCC(CC3)C2)c2ccccc2n1. The fourth-order valence-electron chi connectivity index (χ4n) is 4.71. The quantitative estimate of drug-likeness (QED) is 0.801. The monoisotopic (exact) mass is 367 g/mol. The molecule has 1 aromatic heterocycles. The van der Waals surface area contributed by atoms with Gasteiger partial charge in [0.2, 0.25) is 5.95 Å². The van der Waals surface area contributed by atoms with Gasteiger partial charge in [0.1, 0.15) is 5.82 Å². The van der Waals surface area contributed by atoms with Gasteiger partial charge in [-0.3, -0.25) is 0 Å². The minimum Gasteiger partial charge on any atom is -0.355 e. The number of hydrogen-bond acceptors (Lipinski definition) is 5. The fraction of sp³-hybridized carbons (Fsp3) is 0.636. The summed E-state index contributed by atoms with van der Waals surface area (Å²) in [7, 11) is 0. The highest BCUT2D eigenvalue weighted by molar-refractivity contribution is 5.90. The highest BCUT2D eigenvalue weighted by Gasteiger charge is 2.30. The van der Waals surface area contributed by atoms with E-state index in [2.05, 4.69) is 53.2 Å². The molecule has 27 heavy (non-hydrogen) atoms. The summed E-state index contributed by atoms with van der Waals surface area (Å²) in [6.07, 6.45) is 5.55. The molecule has 1 N–H and O–H groups in total. The first-order chi connectivity index (χ1) is 13.3. The first kappa shape index (κ1) is 18.5. The maximum Gasteiger partial charge on any atom is 0.225 e. The largest absolute Gasteiger partial charge is 0.355 e. The number of likely N-dealkylation sites (N-methyl/N-ethyl adjacent to an activating group) is 1. The number of benzene rings is 1. The third-order valence-corrected chi connectivity index (χ3v) is 6.41. The van der Waals surface area contributed by atoms with Gasteiger partial charge >= 0.3 is 0 Å². The molecule has 3 aliphatic rings. The van der Waals surface area contributed by atoms with Crippen molar-refractivity contribution < 1.29 is 0 Å². The van der Waals surface area contributed by atoms with Gasteiger partial charge in [-0.1, -0.05) is 26.0 Å². The number of anilines is 2. The summed E-state index contributed by atoms with van der Waals surface area (Å²) in [6.45, 7) is 10.8. The van der Waals surface area contributed by atoms with Crippen molar-refractivity contribution >= 4 is 22.7 Å². The molecule has 3 heterocycles. The molecule has 1 aromatic carbocycles. The van der Waals surface area contributed by atoms with E-state index in [1.807, 2.05) is 0 Å². The summed E-state index contributed by atoms with van der Waals surface area (Å²) >= 11 is 0. The zero-order valence-electron chi connectivity index (χ0n) is 16.8. The molecule has 1 saturated carbocycles. The summed E-state index contributed by atoms with van der Waals surface area (Å²) in [5.74, 6) is 3.56. The number of rotatable bonds is 7. The van der Waals surface area contributed by atoms with E-state index in [9.17, 15) is 0 Å². The molecule has 5 heteroatoms. The molecule has 2 aromatic rings. The van der Waals surface area contributed by atoms with Crippen LogP contribution in [0.4, 0.5) is 11.8 Å². The van der Waals surface area contributed by atoms with Crippen molar-refractivity contribution in [1.29, 1.82) is 0 Å². The number of fused-ring (bicyclic) bond motifs is 5. The van der Waals surface area contributed by atoms with Gasteiger partial charge < -0.3 is 15.1 Å². The lowest BCUT2D eigenvalue weighted by Crippen LogP contribution is -2.30. The topological polar surface area (TPSA) is 44.3 Å². The van der Waals surface area contributed by atoms with Crippen LogP contribution in [0, 0.1) is 11.8 Å². The van der Waals surface area contributed by atoms with Gasteiger partial charge in [0.15, 0.2) is 0 Å². The van der Waals surface area contributed by atoms with E-state index in [0.29, 0.717) is 0 Å². The number of nitrogens with zero attached hydrogens (tertiary/aromatic N) is 4. The third kappa shape index (κ3) is 4.18. The van der Waals surface area contributed by atoms with Crippen LogP contribution in [0.3, 0.4) is 0 Å². The second kappa shape index (κ2) is 8.42. The van der Waals surface area contributed by atoms with Gasteiger partial charge in [-0.15, -0.1) is 0 Å². The molecule has 0 spiro atoms. The summed E-state index contributed by atoms with van der Waals surface area (Å²) in [5.41, 5.74) is 1.05. The van der Waals surface area contributed by atoms with Crippen LogP contribution in [-0.2, 0) is 0 Å². The highest BCUT2D eigenvalue weighted by Crippen LogP contribution is 2.37. The lowest BCUT2D eigenvalue weighted by molar-refractivity contribution is 0.316. The Balaban J connectivity index is 1.59. The molecular formula is C22H33N5. The Kier molecular flexibility index (Phi) is 5.77. The van der Waals surface area contributed by atoms with E-state index in [1.54, 1.807) is 0 Å². The maximum absolute atomic E-state index is 5.00. The molecule has 1 aliphatic carbocycles. The van der Waals surface area contributed by atoms with Gasteiger partial charge in [-0.25, -0.2) is 4.98 Å². The standard InChI is InChI=1S/C22H33N5/c1-3-26(4-2)14-13-23-22-24-20-8-6-5-7-19(20)21(25-22)27-15-17-9-10-18(16-27)12-11-17/h5-8,17-18H,3-4,9-16H2,1-2H3,(H,23,24,25). The van der Waals surface area contributed by atoms with Gasteiger partial charge in [0.05, 0.1) is 5.52 Å². The van der Waals surface area contributed by atoms with Crippen molar-refractivity contribution in [3.8, 4) is 0 Å². The smallest absolute Gasteiger partial charge is 0.225 e. The van der Waals surface area contributed by atoms with Gasteiger partial charge in [-0.05, 0) is 62.7 Å². The molecule has 0 atom stereocenters. The second-order valence-electron chi connectivity index (χ2n) is 8.13. The Bertz CT molecular complexity index is 735. The van der Waals surface area contributed by atoms with E-state index in [4.69, 9.17) is 9.97 Å². The summed E-state index contributed by atoms with van der Waals surface area (Å²) < 4.78 is 0. The van der Waals surface area contributed by atoms with Crippen LogP contribution in [-0.4, -0.2) is 54.1 Å². The van der Waals surface area contributed by atoms with E-state index in [1.165, 1.54) is 31.1 Å². The lowest BCUT2D eigenvalue weighted by atomic mass is 9.84. The first-order valence-electron chi connectivity index (χ1n) is 10.7. The molecule has 0 radical (unpaired) electrons. The van der Waals surface area contributed by atoms with E-state index >= 15 is 0 Å². The Morgan fingerprint density at radius 3 is 2.33 bits per heavy atom. The third-order valence-electron chi connectivity index (χ3n) is 6.41. The summed E-state index contributed by atoms with van der Waals surface area (Å²) in [4.78, 5) is 14.8. The van der Waals surface area contributed by atoms with Crippen molar-refractivity contribution in [2.75, 3.05) is 49.5 Å². The van der Waals surface area contributed by atoms with E-state index in [-0.39, 0.29) is 0 Å². The van der Waals surface area contributed by atoms with Crippen LogP contribution in [0.5, 0.6) is 0 Å². The molecule has 2 aliphatic heterocycles. The van der Waals surface area contributed by atoms with Crippen molar-refractivity contribution in [2.24, 2.45) is 11.8 Å². The van der Waals surface area contributed by atoms with Crippen LogP contribution < -0.4 is 10.2 Å². The Labute approximate surface area is 163 Å². The molecule has 0 unspecified atom stereocenters. The summed E-state index contributed by atoms with van der Waals surface area (Å²) in [5, 5.41) is 4.67. The van der Waals surface area contributed by atoms with Crippen LogP contribution >= 0.6 is 0 Å². The molecule has 5 nitrogen and oxygen atoms in total. The van der Waals surface area contributed by atoms with E-state index < -0.39 is 0 Å². The number of aromatic nitrogens is 2. The lowest BCUT2D eigenvalue weighted by Gasteiger charge is -2.26. The normalized spacial score (nSPS) is 22.4. The number of nitrogens with one attached hydrogen (secondary N) is 1. The summed E-state index contributed by atoms with van der Waals surface area (Å²) in [6, 6.07) is 8.47. The zero-order valence-corrected chi connectivity index (χ0v) is 16.8. The minimum atomic E-state index is 0.771. The van der Waals surface area contributed by atoms with Gasteiger partial charge in [-0.2, -0.15) is 4.98 Å². The zero-order chi connectivity index (χ0) is 18.6. The highest BCUT2D eigenvalue weighted by atomic mass is 15.2. The van der Waals surface area contributed by atoms with E-state index in [0.717, 1.165) is 68.4 Å². The van der Waals surface area contributed by atoms with Gasteiger partial charge in [0, 0.05) is 31.6 Å². The van der Waals surface area contributed by atoms with Crippen LogP contribution in [0.2, 0.25) is 0 Å². The Hall–Kier alpha value is -1.88. The van der Waals surface area contributed by atoms with Crippen molar-refractivity contribution in [3.05, 3.63) is 24.3 Å². The fourth-order valence-corrected chi connectivity index (χ4v) is 4.71. The molecular weight excluding hydrogens is 334 g/mol. The number of hydrogen-bond donors (Lipinski definition) is 1. The molecule has 2 bridgehead atoms. The van der Waals surface area contributed by atoms with Crippen molar-refractivity contribution in [1.82, 2.24) is 14.9 Å². The van der Waals surface area contributed by atoms with Crippen LogP contribution in [0.15, 0.2) is 24.3 Å². The van der Waals surface area contributed by atoms with Crippen LogP contribution in [0.25, 0.3) is 10.9 Å². The second-order valence-corrected chi connectivity index (χ2v) is 8.13. The molecule has 5 rings (SSSR count). The average Bonchev–Trinajstić information content (AvgIpc) is 3.04. The average molecular weight is 368 g/mol. The minimum absolute atomic E-state index is 0.771. The Morgan fingerprint density at radius 2 is 1.67 bits per heavy atom. The molecule has 146 valence electrons. The Morgan fingerprint density at radius 1 is 1.00 bits per heavy atom. The number of para-hydroxylation sites is 1. The maximum atomic E-state index is 5.00. The molecule has 3 fully saturated rings. The van der Waals surface area contributed by atoms with Crippen LogP contribution in [0.1, 0.15) is 39.5 Å². The van der Waals surface area contributed by atoms with Gasteiger partial charge in [0.25, 0.3) is 0 Å². The first-order valence-corrected chi connectivity index (χ1v) is 10.7. The van der Waals surface area contributed by atoms with Crippen molar-refractivity contribution in [2.45, 2.75) is 39.5 Å². The predicted octanol–water partition coefficient (Wildman–Crippen LogP) is 4.01. The predicted molar refractivity (Wildman–Crippen MR) is 113 cm³/mol. The molecule has 2 saturated heterocycles. The molecule has 0 amide bonds.